The molecular weight excluding hydrogens is 416 g/mol. The lowest BCUT2D eigenvalue weighted by atomic mass is 10.1. The first-order valence-corrected chi connectivity index (χ1v) is 8.93. The van der Waals surface area contributed by atoms with Crippen molar-refractivity contribution in [3.63, 3.8) is 0 Å². The van der Waals surface area contributed by atoms with Gasteiger partial charge < -0.3 is 9.47 Å². The highest BCUT2D eigenvalue weighted by atomic mass is 79.9. The lowest BCUT2D eigenvalue weighted by molar-refractivity contribution is 0.0452. The van der Waals surface area contributed by atoms with E-state index in [4.69, 9.17) is 9.47 Å². The van der Waals surface area contributed by atoms with Gasteiger partial charge in [-0.05, 0) is 56.8 Å². The number of ether oxygens (including phenoxy) is 2. The molecule has 0 unspecified atom stereocenters. The number of hydrogen-bond acceptors (Lipinski definition) is 4. The fourth-order valence-electron chi connectivity index (χ4n) is 1.66. The van der Waals surface area contributed by atoms with Crippen molar-refractivity contribution < 1.29 is 19.1 Å². The first-order chi connectivity index (χ1) is 10.5. The second-order valence-corrected chi connectivity index (χ2v) is 6.50. The van der Waals surface area contributed by atoms with Crippen LogP contribution in [-0.4, -0.2) is 25.2 Å². The summed E-state index contributed by atoms with van der Waals surface area (Å²) in [6.45, 7) is 4.71. The van der Waals surface area contributed by atoms with E-state index in [1.807, 2.05) is 13.8 Å². The lowest BCUT2D eigenvalue weighted by Gasteiger charge is -2.11. The standard InChI is InChI=1S/C16H20Br2O4/c1-3-5-7-21-15(19)11-9-13(17)14(18)10-12(11)16(20)22-8-6-4-2/h9-10H,3-8H2,1-2H3. The number of halogens is 2. The molecule has 6 heteroatoms. The minimum absolute atomic E-state index is 0.215. The van der Waals surface area contributed by atoms with Gasteiger partial charge in [-0.3, -0.25) is 0 Å². The van der Waals surface area contributed by atoms with Crippen LogP contribution in [0.25, 0.3) is 0 Å². The Bertz CT molecular complexity index is 482. The van der Waals surface area contributed by atoms with E-state index in [1.165, 1.54) is 0 Å². The average molecular weight is 436 g/mol. The van der Waals surface area contributed by atoms with E-state index in [2.05, 4.69) is 31.9 Å². The molecule has 0 radical (unpaired) electrons. The minimum atomic E-state index is -0.510. The lowest BCUT2D eigenvalue weighted by Crippen LogP contribution is -2.15. The summed E-state index contributed by atoms with van der Waals surface area (Å²) in [5.74, 6) is -1.02. The molecule has 0 bridgehead atoms. The first kappa shape index (κ1) is 19.2. The highest BCUT2D eigenvalue weighted by molar-refractivity contribution is 9.13. The van der Waals surface area contributed by atoms with Crippen molar-refractivity contribution >= 4 is 43.8 Å². The van der Waals surface area contributed by atoms with Gasteiger partial charge in [0.15, 0.2) is 0 Å². The van der Waals surface area contributed by atoms with Crippen LogP contribution < -0.4 is 0 Å². The van der Waals surface area contributed by atoms with Gasteiger partial charge in [0.2, 0.25) is 0 Å². The van der Waals surface area contributed by atoms with Crippen LogP contribution in [0.15, 0.2) is 21.1 Å². The van der Waals surface area contributed by atoms with Crippen LogP contribution in [0.3, 0.4) is 0 Å². The first-order valence-electron chi connectivity index (χ1n) is 7.34. The van der Waals surface area contributed by atoms with Gasteiger partial charge >= 0.3 is 11.9 Å². The molecule has 4 nitrogen and oxygen atoms in total. The zero-order valence-electron chi connectivity index (χ0n) is 12.8. The SMILES string of the molecule is CCCCOC(=O)c1cc(Br)c(Br)cc1C(=O)OCCCC. The Labute approximate surface area is 147 Å². The molecule has 22 heavy (non-hydrogen) atoms. The summed E-state index contributed by atoms with van der Waals surface area (Å²) in [6, 6.07) is 3.16. The van der Waals surface area contributed by atoms with Crippen molar-refractivity contribution in [3.8, 4) is 0 Å². The van der Waals surface area contributed by atoms with Crippen LogP contribution in [0, 0.1) is 0 Å². The molecule has 0 fully saturated rings. The molecule has 0 N–H and O–H groups in total. The Morgan fingerprint density at radius 3 is 1.55 bits per heavy atom. The summed E-state index contributed by atoms with van der Waals surface area (Å²) in [7, 11) is 0. The number of hydrogen-bond donors (Lipinski definition) is 0. The van der Waals surface area contributed by atoms with E-state index in [-0.39, 0.29) is 11.1 Å². The second kappa shape index (κ2) is 10.0. The van der Waals surface area contributed by atoms with Crippen LogP contribution in [0.4, 0.5) is 0 Å². The van der Waals surface area contributed by atoms with Crippen molar-refractivity contribution in [2.24, 2.45) is 0 Å². The Morgan fingerprint density at radius 1 is 0.864 bits per heavy atom. The Balaban J connectivity index is 2.96. The van der Waals surface area contributed by atoms with Crippen molar-refractivity contribution in [3.05, 3.63) is 32.2 Å². The zero-order valence-corrected chi connectivity index (χ0v) is 16.0. The van der Waals surface area contributed by atoms with E-state index < -0.39 is 11.9 Å². The zero-order chi connectivity index (χ0) is 16.5. The van der Waals surface area contributed by atoms with Crippen molar-refractivity contribution in [1.82, 2.24) is 0 Å². The van der Waals surface area contributed by atoms with E-state index in [1.54, 1.807) is 12.1 Å². The average Bonchev–Trinajstić information content (AvgIpc) is 2.49. The maximum atomic E-state index is 12.2. The third kappa shape index (κ3) is 5.72. The summed E-state index contributed by atoms with van der Waals surface area (Å²) in [5, 5.41) is 0. The molecule has 122 valence electrons. The number of carbonyl (C=O) groups excluding carboxylic acids is 2. The summed E-state index contributed by atoms with van der Waals surface area (Å²) in [6.07, 6.45) is 3.45. The Kier molecular flexibility index (Phi) is 8.71. The number of rotatable bonds is 8. The van der Waals surface area contributed by atoms with E-state index >= 15 is 0 Å². The van der Waals surface area contributed by atoms with Gasteiger partial charge in [0.25, 0.3) is 0 Å². The molecule has 0 atom stereocenters. The molecule has 1 aromatic rings. The van der Waals surface area contributed by atoms with Gasteiger partial charge in [0.1, 0.15) is 0 Å². The molecule has 0 heterocycles. The smallest absolute Gasteiger partial charge is 0.339 e. The normalized spacial score (nSPS) is 10.4. The van der Waals surface area contributed by atoms with Crippen LogP contribution in [0.2, 0.25) is 0 Å². The van der Waals surface area contributed by atoms with E-state index in [9.17, 15) is 9.59 Å². The maximum absolute atomic E-state index is 12.2. The maximum Gasteiger partial charge on any atom is 0.339 e. The van der Waals surface area contributed by atoms with Crippen LogP contribution in [-0.2, 0) is 9.47 Å². The minimum Gasteiger partial charge on any atom is -0.462 e. The topological polar surface area (TPSA) is 52.6 Å². The molecule has 0 aliphatic rings. The number of carbonyl (C=O) groups is 2. The van der Waals surface area contributed by atoms with Gasteiger partial charge in [-0.2, -0.15) is 0 Å². The molecule has 0 saturated carbocycles. The number of unbranched alkanes of at least 4 members (excludes halogenated alkanes) is 2. The van der Waals surface area contributed by atoms with Gasteiger partial charge in [-0.15, -0.1) is 0 Å². The molecule has 0 saturated heterocycles. The molecule has 0 aromatic heterocycles. The van der Waals surface area contributed by atoms with Crippen LogP contribution in [0.1, 0.15) is 60.2 Å². The predicted molar refractivity (Wildman–Crippen MR) is 92.2 cm³/mol. The van der Waals surface area contributed by atoms with Gasteiger partial charge in [0.05, 0.1) is 24.3 Å². The quantitative estimate of drug-likeness (QED) is 0.419. The highest BCUT2D eigenvalue weighted by Gasteiger charge is 2.21. The molecule has 0 aliphatic carbocycles. The van der Waals surface area contributed by atoms with Crippen LogP contribution in [0.5, 0.6) is 0 Å². The van der Waals surface area contributed by atoms with Crippen molar-refractivity contribution in [1.29, 1.82) is 0 Å². The highest BCUT2D eigenvalue weighted by Crippen LogP contribution is 2.28. The third-order valence-corrected chi connectivity index (χ3v) is 4.81. The summed E-state index contributed by atoms with van der Waals surface area (Å²) in [5.41, 5.74) is 0.431. The molecular formula is C16H20Br2O4. The van der Waals surface area contributed by atoms with Gasteiger partial charge in [-0.1, -0.05) is 26.7 Å². The molecule has 0 spiro atoms. The Hall–Kier alpha value is -0.880. The van der Waals surface area contributed by atoms with E-state index in [0.29, 0.717) is 22.2 Å². The molecule has 1 rings (SSSR count). The third-order valence-electron chi connectivity index (χ3n) is 2.96. The predicted octanol–water partition coefficient (Wildman–Crippen LogP) is 5.13. The summed E-state index contributed by atoms with van der Waals surface area (Å²) < 4.78 is 11.8. The Morgan fingerprint density at radius 2 is 1.23 bits per heavy atom. The number of esters is 2. The van der Waals surface area contributed by atoms with Gasteiger partial charge in [0, 0.05) is 8.95 Å². The summed E-state index contributed by atoms with van der Waals surface area (Å²) in [4.78, 5) is 24.3. The summed E-state index contributed by atoms with van der Waals surface area (Å²) >= 11 is 6.67. The fraction of sp³-hybridized carbons (Fsp3) is 0.500. The monoisotopic (exact) mass is 434 g/mol. The largest absolute Gasteiger partial charge is 0.462 e. The molecule has 0 amide bonds. The van der Waals surface area contributed by atoms with E-state index in [0.717, 1.165) is 25.7 Å². The number of benzene rings is 1. The van der Waals surface area contributed by atoms with Crippen LogP contribution >= 0.6 is 31.9 Å². The van der Waals surface area contributed by atoms with Gasteiger partial charge in [-0.25, -0.2) is 9.59 Å². The molecule has 0 aliphatic heterocycles. The second-order valence-electron chi connectivity index (χ2n) is 4.79. The molecule has 1 aromatic carbocycles. The fourth-order valence-corrected chi connectivity index (χ4v) is 2.35. The van der Waals surface area contributed by atoms with Crippen molar-refractivity contribution in [2.75, 3.05) is 13.2 Å². The van der Waals surface area contributed by atoms with Crippen molar-refractivity contribution in [2.45, 2.75) is 39.5 Å².